The Kier molecular flexibility index (Phi) is 1.85. The second-order valence-electron chi connectivity index (χ2n) is 2.02. The third-order valence-electron chi connectivity index (χ3n) is 1.41. The quantitative estimate of drug-likeness (QED) is 0.499. The first-order chi connectivity index (χ1) is 4.36. The van der Waals surface area contributed by atoms with Crippen LogP contribution in [0.3, 0.4) is 0 Å². The molecule has 1 aliphatic rings. The van der Waals surface area contributed by atoms with E-state index in [-0.39, 0.29) is 0 Å². The van der Waals surface area contributed by atoms with Crippen LogP contribution in [0.25, 0.3) is 0 Å². The molecule has 0 spiro atoms. The Morgan fingerprint density at radius 2 is 2.22 bits per heavy atom. The van der Waals surface area contributed by atoms with Gasteiger partial charge in [0.2, 0.25) is 0 Å². The molecule has 0 bridgehead atoms. The summed E-state index contributed by atoms with van der Waals surface area (Å²) < 4.78 is 0. The predicted octanol–water partition coefficient (Wildman–Crippen LogP) is 0.422. The normalized spacial score (nSPS) is 16.7. The van der Waals surface area contributed by atoms with E-state index in [9.17, 15) is 0 Å². The Morgan fingerprint density at radius 1 is 1.44 bits per heavy atom. The largest absolute Gasteiger partial charge is 0.544 e. The van der Waals surface area contributed by atoms with Gasteiger partial charge in [0.05, 0.1) is 6.54 Å². The van der Waals surface area contributed by atoms with Crippen LogP contribution in [-0.4, -0.2) is 36.0 Å². The molecule has 50 valence electrons. The summed E-state index contributed by atoms with van der Waals surface area (Å²) in [7, 11) is 0. The Bertz CT molecular complexity index is 98.9. The summed E-state index contributed by atoms with van der Waals surface area (Å²) in [5.41, 5.74) is 0. The van der Waals surface area contributed by atoms with Crippen LogP contribution in [0.2, 0.25) is 0 Å². The monoisotopic (exact) mass is 126 g/mol. The Balaban J connectivity index is 2.31. The van der Waals surface area contributed by atoms with Gasteiger partial charge in [-0.2, -0.15) is 0 Å². The van der Waals surface area contributed by atoms with Crippen molar-refractivity contribution in [2.75, 3.05) is 19.8 Å². The summed E-state index contributed by atoms with van der Waals surface area (Å²) in [6, 6.07) is 0. The van der Waals surface area contributed by atoms with Gasteiger partial charge in [-0.1, -0.05) is 0 Å². The first-order valence-corrected chi connectivity index (χ1v) is 3.33. The summed E-state index contributed by atoms with van der Waals surface area (Å²) in [5.74, 6) is 0. The van der Waals surface area contributed by atoms with Crippen LogP contribution in [0.5, 0.6) is 0 Å². The minimum absolute atomic E-state index is 0.910. The Morgan fingerprint density at radius 3 is 2.56 bits per heavy atom. The SMILES string of the molecule is CCN1[C+]=NN(CC)C1. The number of rotatable bonds is 2. The van der Waals surface area contributed by atoms with Gasteiger partial charge < -0.3 is 0 Å². The van der Waals surface area contributed by atoms with Crippen molar-refractivity contribution in [3.05, 3.63) is 0 Å². The van der Waals surface area contributed by atoms with Gasteiger partial charge >= 0.3 is 6.34 Å². The van der Waals surface area contributed by atoms with E-state index in [1.807, 2.05) is 9.91 Å². The molecule has 0 saturated heterocycles. The van der Waals surface area contributed by atoms with Crippen molar-refractivity contribution >= 4 is 6.34 Å². The van der Waals surface area contributed by atoms with Crippen molar-refractivity contribution in [1.29, 1.82) is 0 Å². The molecule has 0 N–H and O–H groups in total. The van der Waals surface area contributed by atoms with Gasteiger partial charge in [0.25, 0.3) is 0 Å². The maximum atomic E-state index is 4.02. The lowest BCUT2D eigenvalue weighted by Gasteiger charge is -2.05. The van der Waals surface area contributed by atoms with Crippen LogP contribution in [0.15, 0.2) is 5.10 Å². The van der Waals surface area contributed by atoms with E-state index in [0.717, 1.165) is 19.8 Å². The van der Waals surface area contributed by atoms with E-state index in [1.54, 1.807) is 0 Å². The summed E-state index contributed by atoms with van der Waals surface area (Å²) in [6.07, 6.45) is 2.89. The van der Waals surface area contributed by atoms with Crippen molar-refractivity contribution in [3.63, 3.8) is 0 Å². The molecular weight excluding hydrogens is 114 g/mol. The average Bonchev–Trinajstić information content (AvgIpc) is 2.34. The topological polar surface area (TPSA) is 18.8 Å². The fourth-order valence-electron chi connectivity index (χ4n) is 0.728. The molecule has 3 nitrogen and oxygen atoms in total. The number of nitrogens with zero attached hydrogens (tertiary/aromatic N) is 3. The number of hydrazone groups is 1. The van der Waals surface area contributed by atoms with Crippen LogP contribution in [0.4, 0.5) is 0 Å². The molecule has 0 aromatic rings. The summed E-state index contributed by atoms with van der Waals surface area (Å²) in [4.78, 5) is 2.05. The van der Waals surface area contributed by atoms with Gasteiger partial charge in [-0.05, 0) is 13.8 Å². The Hall–Kier alpha value is -0.820. The molecule has 0 aromatic heterocycles. The van der Waals surface area contributed by atoms with Crippen molar-refractivity contribution in [1.82, 2.24) is 9.91 Å². The standard InChI is InChI=1S/C6H12N3/c1-3-8-5-7-9(4-2)6-8/h3-4,6H2,1-2H3/q+1. The van der Waals surface area contributed by atoms with Crippen molar-refractivity contribution in [3.8, 4) is 0 Å². The molecule has 3 heteroatoms. The molecule has 0 amide bonds. The summed E-state index contributed by atoms with van der Waals surface area (Å²) in [5, 5.41) is 5.99. The zero-order chi connectivity index (χ0) is 6.69. The zero-order valence-corrected chi connectivity index (χ0v) is 5.96. The van der Waals surface area contributed by atoms with E-state index >= 15 is 0 Å². The van der Waals surface area contributed by atoms with Gasteiger partial charge in [-0.25, -0.2) is 5.01 Å². The van der Waals surface area contributed by atoms with Gasteiger partial charge in [0.15, 0.2) is 6.67 Å². The molecule has 0 atom stereocenters. The van der Waals surface area contributed by atoms with Crippen molar-refractivity contribution in [2.24, 2.45) is 5.10 Å². The lowest BCUT2D eigenvalue weighted by molar-refractivity contribution is 0.251. The molecule has 0 unspecified atom stereocenters. The molecule has 1 rings (SSSR count). The second kappa shape index (κ2) is 2.65. The molecule has 0 saturated carbocycles. The molecule has 9 heavy (non-hydrogen) atoms. The maximum absolute atomic E-state index is 4.02. The highest BCUT2D eigenvalue weighted by Crippen LogP contribution is 1.98. The smallest absolute Gasteiger partial charge is 0.225 e. The minimum atomic E-state index is 0.910. The van der Waals surface area contributed by atoms with Crippen LogP contribution in [0, 0.1) is 0 Å². The Labute approximate surface area is 55.9 Å². The van der Waals surface area contributed by atoms with Crippen LogP contribution < -0.4 is 0 Å². The fourth-order valence-corrected chi connectivity index (χ4v) is 0.728. The number of hydrogen-bond donors (Lipinski definition) is 0. The molecule has 0 aromatic carbocycles. The van der Waals surface area contributed by atoms with Gasteiger partial charge in [0.1, 0.15) is 5.10 Å². The minimum Gasteiger partial charge on any atom is -0.225 e. The lowest BCUT2D eigenvalue weighted by atomic mass is 10.6. The predicted molar refractivity (Wildman–Crippen MR) is 37.1 cm³/mol. The second-order valence-corrected chi connectivity index (χ2v) is 2.02. The van der Waals surface area contributed by atoms with Gasteiger partial charge in [0, 0.05) is 6.54 Å². The zero-order valence-electron chi connectivity index (χ0n) is 5.96. The maximum Gasteiger partial charge on any atom is 0.544 e. The van der Waals surface area contributed by atoms with Crippen LogP contribution in [-0.2, 0) is 0 Å². The molecule has 1 aliphatic heterocycles. The lowest BCUT2D eigenvalue weighted by Crippen LogP contribution is -2.25. The molecule has 0 aliphatic carbocycles. The highest BCUT2D eigenvalue weighted by molar-refractivity contribution is 5.55. The first-order valence-electron chi connectivity index (χ1n) is 3.33. The molecule has 0 fully saturated rings. The third-order valence-corrected chi connectivity index (χ3v) is 1.41. The highest BCUT2D eigenvalue weighted by atomic mass is 15.6. The highest BCUT2D eigenvalue weighted by Gasteiger charge is 2.23. The van der Waals surface area contributed by atoms with E-state index in [2.05, 4.69) is 25.3 Å². The molecule has 1 heterocycles. The first kappa shape index (κ1) is 6.30. The van der Waals surface area contributed by atoms with Gasteiger partial charge in [-0.15, -0.1) is 4.90 Å². The van der Waals surface area contributed by atoms with Crippen LogP contribution >= 0.6 is 0 Å². The van der Waals surface area contributed by atoms with E-state index in [0.29, 0.717) is 0 Å². The molecule has 0 radical (unpaired) electrons. The summed E-state index contributed by atoms with van der Waals surface area (Å²) in [6.45, 7) is 7.07. The van der Waals surface area contributed by atoms with Crippen molar-refractivity contribution < 1.29 is 0 Å². The van der Waals surface area contributed by atoms with Gasteiger partial charge in [-0.3, -0.25) is 0 Å². The van der Waals surface area contributed by atoms with Crippen LogP contribution in [0.1, 0.15) is 13.8 Å². The average molecular weight is 126 g/mol. The third kappa shape index (κ3) is 1.30. The number of hydrogen-bond acceptors (Lipinski definition) is 3. The molecular formula is C6H12N3+. The fraction of sp³-hybridized carbons (Fsp3) is 0.833. The van der Waals surface area contributed by atoms with E-state index < -0.39 is 0 Å². The van der Waals surface area contributed by atoms with E-state index in [4.69, 9.17) is 0 Å². The van der Waals surface area contributed by atoms with E-state index in [1.165, 1.54) is 0 Å². The summed E-state index contributed by atoms with van der Waals surface area (Å²) >= 11 is 0. The van der Waals surface area contributed by atoms with Crippen molar-refractivity contribution in [2.45, 2.75) is 13.8 Å².